The number of nitrogens with zero attached hydrogens (tertiary/aromatic N) is 3. The average molecular weight is 269 g/mol. The Hall–Kier alpha value is -1.63. The molecule has 0 aliphatic carbocycles. The molecule has 0 aliphatic heterocycles. The number of aromatic nitrogens is 2. The second kappa shape index (κ2) is 5.81. The summed E-state index contributed by atoms with van der Waals surface area (Å²) < 4.78 is 1.68. The van der Waals surface area contributed by atoms with Crippen LogP contribution < -0.4 is 11.1 Å². The van der Waals surface area contributed by atoms with Gasteiger partial charge in [-0.1, -0.05) is 12.2 Å². The van der Waals surface area contributed by atoms with Crippen molar-refractivity contribution in [2.24, 2.45) is 12.8 Å². The molecule has 1 amide bonds. The van der Waals surface area contributed by atoms with Gasteiger partial charge in [-0.25, -0.2) is 0 Å². The highest BCUT2D eigenvalue weighted by Gasteiger charge is 2.15. The Morgan fingerprint density at radius 3 is 2.67 bits per heavy atom. The highest BCUT2D eigenvalue weighted by atomic mass is 32.1. The summed E-state index contributed by atoms with van der Waals surface area (Å²) in [6.07, 6.45) is 0.411. The van der Waals surface area contributed by atoms with Crippen molar-refractivity contribution in [3.05, 3.63) is 11.3 Å². The van der Waals surface area contributed by atoms with Gasteiger partial charge in [0.25, 0.3) is 0 Å². The number of hydrogen-bond acceptors (Lipinski definition) is 4. The molecule has 18 heavy (non-hydrogen) atoms. The van der Waals surface area contributed by atoms with Crippen molar-refractivity contribution in [3.63, 3.8) is 0 Å². The molecule has 1 aromatic heterocycles. The van der Waals surface area contributed by atoms with Crippen LogP contribution >= 0.6 is 12.2 Å². The minimum absolute atomic E-state index is 0.0678. The summed E-state index contributed by atoms with van der Waals surface area (Å²) in [6, 6.07) is 0. The fourth-order valence-corrected chi connectivity index (χ4v) is 1.91. The minimum Gasteiger partial charge on any atom is -0.389 e. The molecule has 100 valence electrons. The van der Waals surface area contributed by atoms with Gasteiger partial charge in [0.2, 0.25) is 5.91 Å². The van der Waals surface area contributed by atoms with Gasteiger partial charge in [0, 0.05) is 34.1 Å². The molecule has 0 saturated heterocycles. The van der Waals surface area contributed by atoms with Gasteiger partial charge < -0.3 is 16.0 Å². The lowest BCUT2D eigenvalue weighted by molar-refractivity contribution is -0.128. The van der Waals surface area contributed by atoms with Crippen LogP contribution in [0.3, 0.4) is 0 Å². The Morgan fingerprint density at radius 1 is 1.56 bits per heavy atom. The quantitative estimate of drug-likeness (QED) is 0.750. The van der Waals surface area contributed by atoms with Gasteiger partial charge in [0.15, 0.2) is 0 Å². The van der Waals surface area contributed by atoms with E-state index in [1.165, 1.54) is 0 Å². The molecule has 3 N–H and O–H groups in total. The fraction of sp³-hybridized carbons (Fsp3) is 0.545. The maximum atomic E-state index is 11.5. The van der Waals surface area contributed by atoms with Crippen molar-refractivity contribution in [1.82, 2.24) is 14.7 Å². The third-order valence-electron chi connectivity index (χ3n) is 2.60. The van der Waals surface area contributed by atoms with Crippen LogP contribution in [0, 0.1) is 6.92 Å². The summed E-state index contributed by atoms with van der Waals surface area (Å²) >= 11 is 5.00. The van der Waals surface area contributed by atoms with E-state index >= 15 is 0 Å². The van der Waals surface area contributed by atoms with Gasteiger partial charge in [-0.3, -0.25) is 9.48 Å². The smallest absolute Gasteiger partial charge is 0.223 e. The normalized spacial score (nSPS) is 10.2. The van der Waals surface area contributed by atoms with Crippen molar-refractivity contribution < 1.29 is 4.79 Å². The molecular formula is C11H19N5OS. The molecule has 6 nitrogen and oxygen atoms in total. The number of nitrogens with two attached hydrogens (primary N) is 1. The van der Waals surface area contributed by atoms with Gasteiger partial charge in [-0.2, -0.15) is 5.10 Å². The number of thiocarbonyl (C=S) groups is 1. The molecule has 0 fully saturated rings. The highest BCUT2D eigenvalue weighted by molar-refractivity contribution is 7.80. The van der Waals surface area contributed by atoms with Crippen LogP contribution in [0.4, 0.5) is 5.82 Å². The maximum Gasteiger partial charge on any atom is 0.223 e. The molecule has 0 bridgehead atoms. The molecule has 0 saturated carbocycles. The van der Waals surface area contributed by atoms with Gasteiger partial charge in [-0.05, 0) is 6.92 Å². The van der Waals surface area contributed by atoms with E-state index < -0.39 is 0 Å². The zero-order chi connectivity index (χ0) is 13.9. The molecule has 0 spiro atoms. The molecule has 1 heterocycles. The first-order chi connectivity index (χ1) is 8.34. The summed E-state index contributed by atoms with van der Waals surface area (Å²) in [7, 11) is 5.28. The molecule has 1 aromatic rings. The third kappa shape index (κ3) is 3.19. The summed E-state index contributed by atoms with van der Waals surface area (Å²) in [6.45, 7) is 2.37. The van der Waals surface area contributed by atoms with Gasteiger partial charge >= 0.3 is 0 Å². The lowest BCUT2D eigenvalue weighted by Crippen LogP contribution is -2.24. The Bertz CT molecular complexity index is 466. The second-order valence-electron chi connectivity index (χ2n) is 4.26. The highest BCUT2D eigenvalue weighted by Crippen LogP contribution is 2.18. The van der Waals surface area contributed by atoms with Gasteiger partial charge in [0.1, 0.15) is 10.8 Å². The largest absolute Gasteiger partial charge is 0.389 e. The van der Waals surface area contributed by atoms with E-state index in [4.69, 9.17) is 18.0 Å². The standard InChI is InChI=1S/C11H19N5OS/c1-7-9(10(12)18)11(16(4)14-7)13-6-5-8(17)15(2)3/h13H,5-6H2,1-4H3,(H2,12,18). The van der Waals surface area contributed by atoms with Crippen molar-refractivity contribution in [3.8, 4) is 0 Å². The Kier molecular flexibility index (Phi) is 4.66. The number of aryl methyl sites for hydroxylation is 2. The second-order valence-corrected chi connectivity index (χ2v) is 4.70. The number of carbonyl (C=O) groups excluding carboxylic acids is 1. The number of nitrogens with one attached hydrogen (secondary N) is 1. The van der Waals surface area contributed by atoms with Crippen molar-refractivity contribution in [2.45, 2.75) is 13.3 Å². The molecule has 0 unspecified atom stereocenters. The van der Waals surface area contributed by atoms with E-state index in [-0.39, 0.29) is 5.91 Å². The first-order valence-corrected chi connectivity index (χ1v) is 6.02. The van der Waals surface area contributed by atoms with Crippen LogP contribution in [0.5, 0.6) is 0 Å². The van der Waals surface area contributed by atoms with Crippen LogP contribution in [0.1, 0.15) is 17.7 Å². The lowest BCUT2D eigenvalue weighted by atomic mass is 10.2. The zero-order valence-corrected chi connectivity index (χ0v) is 12.0. The fourth-order valence-electron chi connectivity index (χ4n) is 1.67. The van der Waals surface area contributed by atoms with Crippen LogP contribution in [0.15, 0.2) is 0 Å². The SMILES string of the molecule is Cc1nn(C)c(NCCC(=O)N(C)C)c1C(N)=S. The van der Waals surface area contributed by atoms with E-state index in [2.05, 4.69) is 10.4 Å². The molecule has 0 aliphatic rings. The molecule has 7 heteroatoms. The Morgan fingerprint density at radius 2 is 2.17 bits per heavy atom. The van der Waals surface area contributed by atoms with Crippen LogP contribution in [-0.4, -0.2) is 46.2 Å². The number of hydrogen-bond donors (Lipinski definition) is 2. The van der Waals surface area contributed by atoms with E-state index in [9.17, 15) is 4.79 Å². The predicted octanol–water partition coefficient (Wildman–Crippen LogP) is 0.253. The lowest BCUT2D eigenvalue weighted by Gasteiger charge is -2.12. The summed E-state index contributed by atoms with van der Waals surface area (Å²) in [4.78, 5) is 13.3. The van der Waals surface area contributed by atoms with E-state index in [1.807, 2.05) is 14.0 Å². The third-order valence-corrected chi connectivity index (χ3v) is 2.80. The number of anilines is 1. The number of rotatable bonds is 5. The average Bonchev–Trinajstić information content (AvgIpc) is 2.53. The minimum atomic E-state index is 0.0678. The van der Waals surface area contributed by atoms with Crippen LogP contribution in [0.2, 0.25) is 0 Å². The van der Waals surface area contributed by atoms with Crippen molar-refractivity contribution in [1.29, 1.82) is 0 Å². The topological polar surface area (TPSA) is 76.2 Å². The molecule has 0 aromatic carbocycles. The van der Waals surface area contributed by atoms with Crippen LogP contribution in [-0.2, 0) is 11.8 Å². The first kappa shape index (κ1) is 14.4. The summed E-state index contributed by atoms with van der Waals surface area (Å²) in [5, 5.41) is 7.41. The van der Waals surface area contributed by atoms with Crippen molar-refractivity contribution >= 4 is 28.9 Å². The van der Waals surface area contributed by atoms with Gasteiger partial charge in [0.05, 0.1) is 11.3 Å². The van der Waals surface area contributed by atoms with E-state index in [0.717, 1.165) is 17.1 Å². The van der Waals surface area contributed by atoms with Crippen molar-refractivity contribution in [2.75, 3.05) is 26.0 Å². The Labute approximate surface area is 112 Å². The molecule has 0 radical (unpaired) electrons. The zero-order valence-electron chi connectivity index (χ0n) is 11.1. The van der Waals surface area contributed by atoms with E-state index in [0.29, 0.717) is 18.0 Å². The Balaban J connectivity index is 2.73. The summed E-state index contributed by atoms with van der Waals surface area (Å²) in [5.74, 6) is 0.824. The maximum absolute atomic E-state index is 11.5. The first-order valence-electron chi connectivity index (χ1n) is 5.62. The summed E-state index contributed by atoms with van der Waals surface area (Å²) in [5.41, 5.74) is 7.20. The molecular weight excluding hydrogens is 250 g/mol. The molecule has 0 atom stereocenters. The molecule has 1 rings (SSSR count). The van der Waals surface area contributed by atoms with Gasteiger partial charge in [-0.15, -0.1) is 0 Å². The number of amides is 1. The predicted molar refractivity (Wildman–Crippen MR) is 75.6 cm³/mol. The number of carbonyl (C=O) groups is 1. The van der Waals surface area contributed by atoms with Crippen LogP contribution in [0.25, 0.3) is 0 Å². The monoisotopic (exact) mass is 269 g/mol. The van der Waals surface area contributed by atoms with E-state index in [1.54, 1.807) is 23.7 Å².